The van der Waals surface area contributed by atoms with E-state index >= 15 is 0 Å². The first-order valence-corrected chi connectivity index (χ1v) is 12.3. The van der Waals surface area contributed by atoms with Gasteiger partial charge in [-0.25, -0.2) is 4.98 Å². The van der Waals surface area contributed by atoms with Gasteiger partial charge in [-0.15, -0.1) is 0 Å². The van der Waals surface area contributed by atoms with Crippen LogP contribution in [0, 0.1) is 0 Å². The number of hydrogen-bond acceptors (Lipinski definition) is 6. The van der Waals surface area contributed by atoms with Crippen LogP contribution in [0.2, 0.25) is 10.0 Å². The molecular weight excluding hydrogens is 479 g/mol. The molecule has 0 atom stereocenters. The van der Waals surface area contributed by atoms with Crippen LogP contribution < -0.4 is 15.0 Å². The van der Waals surface area contributed by atoms with Gasteiger partial charge in [0.25, 0.3) is 0 Å². The Morgan fingerprint density at radius 3 is 2.76 bits per heavy atom. The van der Waals surface area contributed by atoms with Crippen LogP contribution >= 0.6 is 34.7 Å². The lowest BCUT2D eigenvalue weighted by Crippen LogP contribution is -2.35. The molecule has 0 bridgehead atoms. The van der Waals surface area contributed by atoms with Crippen molar-refractivity contribution in [3.05, 3.63) is 69.5 Å². The molecule has 0 aliphatic heterocycles. The van der Waals surface area contributed by atoms with Gasteiger partial charge in [0.05, 0.1) is 7.11 Å². The molecule has 0 radical (unpaired) electrons. The third kappa shape index (κ3) is 7.59. The van der Waals surface area contributed by atoms with Crippen molar-refractivity contribution in [2.75, 3.05) is 25.1 Å². The first-order valence-electron chi connectivity index (χ1n) is 10.8. The Morgan fingerprint density at radius 1 is 1.21 bits per heavy atom. The van der Waals surface area contributed by atoms with Crippen LogP contribution in [-0.4, -0.2) is 41.5 Å². The van der Waals surface area contributed by atoms with E-state index in [0.717, 1.165) is 27.8 Å². The molecule has 1 amide bonds. The number of rotatable bonds is 11. The number of anilines is 1. The topological polar surface area (TPSA) is 67.3 Å². The Labute approximate surface area is 209 Å². The van der Waals surface area contributed by atoms with Gasteiger partial charge in [0.1, 0.15) is 11.6 Å². The fourth-order valence-corrected chi connectivity index (χ4v) is 4.69. The lowest BCUT2D eigenvalue weighted by Gasteiger charge is -2.25. The number of nitrogens with zero attached hydrogens (tertiary/aromatic N) is 3. The van der Waals surface area contributed by atoms with Crippen LogP contribution in [0.25, 0.3) is 0 Å². The summed E-state index contributed by atoms with van der Waals surface area (Å²) in [7, 11) is 1.65. The molecule has 1 heterocycles. The number of hydrogen-bond donors (Lipinski definition) is 1. The molecule has 0 saturated heterocycles. The highest BCUT2D eigenvalue weighted by Gasteiger charge is 2.17. The normalized spacial score (nSPS) is 11.0. The van der Waals surface area contributed by atoms with Crippen LogP contribution in [0.5, 0.6) is 5.75 Å². The Hall–Kier alpha value is -2.35. The number of amides is 1. The van der Waals surface area contributed by atoms with E-state index in [1.165, 1.54) is 11.5 Å². The second-order valence-corrected chi connectivity index (χ2v) is 9.47. The summed E-state index contributed by atoms with van der Waals surface area (Å²) in [5, 5.41) is 5.00. The molecule has 3 aromatic rings. The second-order valence-electron chi connectivity index (χ2n) is 7.89. The van der Waals surface area contributed by atoms with Gasteiger partial charge in [-0.05, 0) is 55.7 Å². The minimum absolute atomic E-state index is 0.00754. The molecule has 9 heteroatoms. The number of halogens is 2. The Kier molecular flexibility index (Phi) is 9.35. The summed E-state index contributed by atoms with van der Waals surface area (Å²) in [6.07, 6.45) is 1.66. The first kappa shape index (κ1) is 25.3. The standard InChI is InChI=1S/C24H28Cl2N4O2S/c1-16(2)30(12-10-23(31)27-11-9-18-7-8-19(25)15-21(18)26)24-28-22(29-33-24)14-17-5-4-6-20(13-17)32-3/h4-8,13,15-16H,9-12,14H2,1-3H3,(H,27,31). The zero-order valence-electron chi connectivity index (χ0n) is 19.0. The van der Waals surface area contributed by atoms with Crippen molar-refractivity contribution in [1.29, 1.82) is 0 Å². The summed E-state index contributed by atoms with van der Waals surface area (Å²) in [5.74, 6) is 1.57. The van der Waals surface area contributed by atoms with Crippen molar-refractivity contribution in [3.8, 4) is 5.75 Å². The molecule has 176 valence electrons. The average molecular weight is 507 g/mol. The van der Waals surface area contributed by atoms with Gasteiger partial charge in [-0.2, -0.15) is 4.37 Å². The van der Waals surface area contributed by atoms with E-state index in [1.54, 1.807) is 19.2 Å². The minimum Gasteiger partial charge on any atom is -0.497 e. The van der Waals surface area contributed by atoms with Gasteiger partial charge in [-0.1, -0.05) is 41.4 Å². The second kappa shape index (κ2) is 12.2. The van der Waals surface area contributed by atoms with Crippen LogP contribution in [-0.2, 0) is 17.6 Å². The predicted molar refractivity (Wildman–Crippen MR) is 136 cm³/mol. The van der Waals surface area contributed by atoms with Gasteiger partial charge in [0, 0.05) is 53.6 Å². The van der Waals surface area contributed by atoms with Crippen molar-refractivity contribution in [2.24, 2.45) is 0 Å². The minimum atomic E-state index is -0.00754. The molecule has 0 spiro atoms. The summed E-state index contributed by atoms with van der Waals surface area (Å²) >= 11 is 13.5. The van der Waals surface area contributed by atoms with E-state index in [9.17, 15) is 4.79 Å². The number of ether oxygens (including phenoxy) is 1. The number of nitrogens with one attached hydrogen (secondary N) is 1. The number of aromatic nitrogens is 2. The van der Waals surface area contributed by atoms with E-state index in [0.29, 0.717) is 42.4 Å². The lowest BCUT2D eigenvalue weighted by atomic mass is 10.1. The monoisotopic (exact) mass is 506 g/mol. The van der Waals surface area contributed by atoms with Crippen molar-refractivity contribution in [1.82, 2.24) is 14.7 Å². The maximum atomic E-state index is 12.4. The number of methoxy groups -OCH3 is 1. The molecule has 33 heavy (non-hydrogen) atoms. The molecule has 0 aliphatic rings. The average Bonchev–Trinajstić information content (AvgIpc) is 3.23. The smallest absolute Gasteiger partial charge is 0.221 e. The highest BCUT2D eigenvalue weighted by molar-refractivity contribution is 7.09. The van der Waals surface area contributed by atoms with Gasteiger partial charge in [0.2, 0.25) is 11.0 Å². The molecule has 1 aromatic heterocycles. The van der Waals surface area contributed by atoms with Crippen molar-refractivity contribution >= 4 is 45.8 Å². The van der Waals surface area contributed by atoms with E-state index in [-0.39, 0.29) is 11.9 Å². The number of carbonyl (C=O) groups is 1. The molecule has 6 nitrogen and oxygen atoms in total. The molecule has 0 aliphatic carbocycles. The van der Waals surface area contributed by atoms with E-state index in [4.69, 9.17) is 32.9 Å². The Bertz CT molecular complexity index is 1070. The van der Waals surface area contributed by atoms with Crippen LogP contribution in [0.1, 0.15) is 37.2 Å². The van der Waals surface area contributed by atoms with Crippen molar-refractivity contribution in [2.45, 2.75) is 39.2 Å². The summed E-state index contributed by atoms with van der Waals surface area (Å²) < 4.78 is 9.81. The van der Waals surface area contributed by atoms with Crippen LogP contribution in [0.4, 0.5) is 5.13 Å². The van der Waals surface area contributed by atoms with Gasteiger partial charge < -0.3 is 15.0 Å². The van der Waals surface area contributed by atoms with E-state index in [1.807, 2.05) is 30.3 Å². The molecular formula is C24H28Cl2N4O2S. The third-order valence-electron chi connectivity index (χ3n) is 5.13. The molecule has 3 rings (SSSR count). The molecule has 0 unspecified atom stereocenters. The summed E-state index contributed by atoms with van der Waals surface area (Å²) in [5.41, 5.74) is 2.05. The molecule has 0 saturated carbocycles. The zero-order chi connectivity index (χ0) is 23.8. The highest BCUT2D eigenvalue weighted by Crippen LogP contribution is 2.23. The van der Waals surface area contributed by atoms with Crippen LogP contribution in [0.15, 0.2) is 42.5 Å². The number of benzene rings is 2. The maximum absolute atomic E-state index is 12.4. The van der Waals surface area contributed by atoms with E-state index < -0.39 is 0 Å². The fraction of sp³-hybridized carbons (Fsp3) is 0.375. The fourth-order valence-electron chi connectivity index (χ4n) is 3.34. The van der Waals surface area contributed by atoms with E-state index in [2.05, 4.69) is 28.4 Å². The summed E-state index contributed by atoms with van der Waals surface area (Å²) in [6.45, 7) is 5.26. The van der Waals surface area contributed by atoms with Crippen molar-refractivity contribution < 1.29 is 9.53 Å². The Morgan fingerprint density at radius 2 is 2.03 bits per heavy atom. The van der Waals surface area contributed by atoms with Gasteiger partial charge in [-0.3, -0.25) is 4.79 Å². The summed E-state index contributed by atoms with van der Waals surface area (Å²) in [6, 6.07) is 13.5. The lowest BCUT2D eigenvalue weighted by molar-refractivity contribution is -0.120. The SMILES string of the molecule is COc1cccc(Cc2nsc(N(CCC(=O)NCCc3ccc(Cl)cc3Cl)C(C)C)n2)c1. The van der Waals surface area contributed by atoms with Gasteiger partial charge >= 0.3 is 0 Å². The molecule has 0 fully saturated rings. The highest BCUT2D eigenvalue weighted by atomic mass is 35.5. The zero-order valence-corrected chi connectivity index (χ0v) is 21.3. The van der Waals surface area contributed by atoms with Crippen molar-refractivity contribution in [3.63, 3.8) is 0 Å². The third-order valence-corrected chi connectivity index (χ3v) is 6.51. The Balaban J connectivity index is 1.51. The van der Waals surface area contributed by atoms with Crippen LogP contribution in [0.3, 0.4) is 0 Å². The largest absolute Gasteiger partial charge is 0.497 e. The quantitative estimate of drug-likeness (QED) is 0.376. The summed E-state index contributed by atoms with van der Waals surface area (Å²) in [4.78, 5) is 19.2. The molecule has 2 aromatic carbocycles. The number of carbonyl (C=O) groups excluding carboxylic acids is 1. The molecule has 1 N–H and O–H groups in total. The predicted octanol–water partition coefficient (Wildman–Crippen LogP) is 5.41. The van der Waals surface area contributed by atoms with Gasteiger partial charge in [0.15, 0.2) is 0 Å². The maximum Gasteiger partial charge on any atom is 0.221 e. The first-order chi connectivity index (χ1) is 15.9.